The molecule has 0 spiro atoms. The van der Waals surface area contributed by atoms with Gasteiger partial charge in [0.15, 0.2) is 0 Å². The van der Waals surface area contributed by atoms with Gasteiger partial charge in [0.25, 0.3) is 0 Å². The Morgan fingerprint density at radius 2 is 1.90 bits per heavy atom. The molecule has 0 amide bonds. The Morgan fingerprint density at radius 1 is 1.15 bits per heavy atom. The molecule has 0 aliphatic rings. The van der Waals surface area contributed by atoms with E-state index in [2.05, 4.69) is 5.43 Å². The number of methoxy groups -OCH3 is 1. The first-order chi connectivity index (χ1) is 9.74. The van der Waals surface area contributed by atoms with E-state index in [0.717, 1.165) is 11.1 Å². The fourth-order valence-electron chi connectivity index (χ4n) is 2.35. The maximum absolute atomic E-state index is 13.2. The molecule has 0 fully saturated rings. The second-order valence-electron chi connectivity index (χ2n) is 4.67. The van der Waals surface area contributed by atoms with Crippen molar-refractivity contribution in [3.05, 3.63) is 71.5 Å². The summed E-state index contributed by atoms with van der Waals surface area (Å²) in [6, 6.07) is 16.2. The van der Waals surface area contributed by atoms with Crippen LogP contribution in [0.5, 0.6) is 0 Å². The Morgan fingerprint density at radius 3 is 2.50 bits per heavy atom. The highest BCUT2D eigenvalue weighted by Gasteiger charge is 2.22. The molecule has 2 aromatic rings. The summed E-state index contributed by atoms with van der Waals surface area (Å²) < 4.78 is 18.8. The first-order valence-electron chi connectivity index (χ1n) is 6.53. The summed E-state index contributed by atoms with van der Waals surface area (Å²) in [5, 5.41) is 0. The van der Waals surface area contributed by atoms with E-state index in [-0.39, 0.29) is 18.0 Å². The lowest BCUT2D eigenvalue weighted by atomic mass is 9.96. The van der Waals surface area contributed by atoms with Crippen LogP contribution in [0, 0.1) is 5.82 Å². The molecular weight excluding hydrogens is 255 g/mol. The number of nitrogens with two attached hydrogens (primary N) is 1. The molecule has 20 heavy (non-hydrogen) atoms. The zero-order chi connectivity index (χ0) is 14.4. The molecule has 0 saturated heterocycles. The second kappa shape index (κ2) is 7.14. The van der Waals surface area contributed by atoms with Gasteiger partial charge < -0.3 is 4.74 Å². The monoisotopic (exact) mass is 274 g/mol. The van der Waals surface area contributed by atoms with Gasteiger partial charge in [-0.25, -0.2) is 4.39 Å². The average molecular weight is 274 g/mol. The molecule has 2 unspecified atom stereocenters. The van der Waals surface area contributed by atoms with Crippen LogP contribution >= 0.6 is 0 Å². The third-order valence-corrected chi connectivity index (χ3v) is 3.31. The van der Waals surface area contributed by atoms with Gasteiger partial charge in [0.2, 0.25) is 0 Å². The van der Waals surface area contributed by atoms with Crippen molar-refractivity contribution < 1.29 is 9.13 Å². The summed E-state index contributed by atoms with van der Waals surface area (Å²) >= 11 is 0. The van der Waals surface area contributed by atoms with E-state index in [4.69, 9.17) is 10.6 Å². The lowest BCUT2D eigenvalue weighted by molar-refractivity contribution is 0.0678. The van der Waals surface area contributed by atoms with E-state index < -0.39 is 0 Å². The quantitative estimate of drug-likeness (QED) is 0.629. The Bertz CT molecular complexity index is 533. The second-order valence-corrected chi connectivity index (χ2v) is 4.67. The zero-order valence-corrected chi connectivity index (χ0v) is 11.4. The molecule has 0 bridgehead atoms. The molecule has 3 N–H and O–H groups in total. The van der Waals surface area contributed by atoms with Crippen LogP contribution in [0.4, 0.5) is 4.39 Å². The summed E-state index contributed by atoms with van der Waals surface area (Å²) in [5.74, 6) is 5.41. The van der Waals surface area contributed by atoms with Crippen molar-refractivity contribution >= 4 is 0 Å². The van der Waals surface area contributed by atoms with Crippen molar-refractivity contribution in [2.75, 3.05) is 7.11 Å². The van der Waals surface area contributed by atoms with Crippen molar-refractivity contribution in [1.29, 1.82) is 0 Å². The summed E-state index contributed by atoms with van der Waals surface area (Å²) in [6.45, 7) is 0. The molecule has 0 saturated carbocycles. The fraction of sp³-hybridized carbons (Fsp3) is 0.250. The van der Waals surface area contributed by atoms with E-state index in [1.807, 2.05) is 36.4 Å². The largest absolute Gasteiger partial charge is 0.375 e. The molecule has 0 heterocycles. The molecule has 0 aliphatic heterocycles. The van der Waals surface area contributed by atoms with Gasteiger partial charge in [-0.15, -0.1) is 0 Å². The normalized spacial score (nSPS) is 13.9. The van der Waals surface area contributed by atoms with Crippen LogP contribution in [0.25, 0.3) is 0 Å². The minimum absolute atomic E-state index is 0.135. The Hall–Kier alpha value is -1.75. The van der Waals surface area contributed by atoms with Crippen LogP contribution < -0.4 is 11.3 Å². The van der Waals surface area contributed by atoms with Crippen LogP contribution in [0.2, 0.25) is 0 Å². The highest BCUT2D eigenvalue weighted by atomic mass is 19.1. The van der Waals surface area contributed by atoms with Gasteiger partial charge in [0.05, 0.1) is 12.1 Å². The standard InChI is InChI=1S/C16H19FN2O/c1-20-16(13-7-3-2-4-8-13)15(19-18)11-12-6-5-9-14(17)10-12/h2-10,15-16,19H,11,18H2,1H3. The van der Waals surface area contributed by atoms with Gasteiger partial charge in [-0.1, -0.05) is 42.5 Å². The fourth-order valence-corrected chi connectivity index (χ4v) is 2.35. The highest BCUT2D eigenvalue weighted by Crippen LogP contribution is 2.22. The minimum atomic E-state index is -0.244. The molecule has 106 valence electrons. The highest BCUT2D eigenvalue weighted by molar-refractivity contribution is 5.22. The van der Waals surface area contributed by atoms with Gasteiger partial charge >= 0.3 is 0 Å². The van der Waals surface area contributed by atoms with Gasteiger partial charge in [-0.2, -0.15) is 0 Å². The van der Waals surface area contributed by atoms with Crippen molar-refractivity contribution in [2.24, 2.45) is 5.84 Å². The average Bonchev–Trinajstić information content (AvgIpc) is 2.48. The zero-order valence-electron chi connectivity index (χ0n) is 11.4. The number of hydrazine groups is 1. The third-order valence-electron chi connectivity index (χ3n) is 3.31. The van der Waals surface area contributed by atoms with E-state index >= 15 is 0 Å². The van der Waals surface area contributed by atoms with Gasteiger partial charge in [0, 0.05) is 7.11 Å². The Labute approximate surface area is 118 Å². The maximum Gasteiger partial charge on any atom is 0.123 e. The molecular formula is C16H19FN2O. The van der Waals surface area contributed by atoms with E-state index in [9.17, 15) is 4.39 Å². The number of hydrogen-bond acceptors (Lipinski definition) is 3. The number of ether oxygens (including phenoxy) is 1. The predicted molar refractivity (Wildman–Crippen MR) is 77.4 cm³/mol. The number of halogens is 1. The SMILES string of the molecule is COC(c1ccccc1)C(Cc1cccc(F)c1)NN. The summed E-state index contributed by atoms with van der Waals surface area (Å²) in [7, 11) is 1.65. The van der Waals surface area contributed by atoms with Crippen LogP contribution in [0.15, 0.2) is 54.6 Å². The summed E-state index contributed by atoms with van der Waals surface area (Å²) in [4.78, 5) is 0. The van der Waals surface area contributed by atoms with Gasteiger partial charge in [0.1, 0.15) is 5.82 Å². The molecule has 3 nitrogen and oxygen atoms in total. The lowest BCUT2D eigenvalue weighted by Gasteiger charge is -2.26. The molecule has 0 radical (unpaired) electrons. The molecule has 0 aliphatic carbocycles. The Kier molecular flexibility index (Phi) is 5.24. The van der Waals surface area contributed by atoms with E-state index in [1.165, 1.54) is 12.1 Å². The third kappa shape index (κ3) is 3.63. The van der Waals surface area contributed by atoms with Gasteiger partial charge in [-0.3, -0.25) is 11.3 Å². The van der Waals surface area contributed by atoms with E-state index in [0.29, 0.717) is 6.42 Å². The first kappa shape index (κ1) is 14.7. The summed E-state index contributed by atoms with van der Waals surface area (Å²) in [6.07, 6.45) is 0.395. The van der Waals surface area contributed by atoms with Crippen molar-refractivity contribution in [1.82, 2.24) is 5.43 Å². The van der Waals surface area contributed by atoms with Crippen LogP contribution in [0.3, 0.4) is 0 Å². The molecule has 2 aromatic carbocycles. The maximum atomic E-state index is 13.2. The van der Waals surface area contributed by atoms with Gasteiger partial charge in [-0.05, 0) is 29.7 Å². The summed E-state index contributed by atoms with van der Waals surface area (Å²) in [5.41, 5.74) is 4.69. The molecule has 2 rings (SSSR count). The van der Waals surface area contributed by atoms with Crippen LogP contribution in [-0.4, -0.2) is 13.2 Å². The van der Waals surface area contributed by atoms with E-state index in [1.54, 1.807) is 13.2 Å². The Balaban J connectivity index is 2.18. The number of hydrogen-bond donors (Lipinski definition) is 2. The van der Waals surface area contributed by atoms with Crippen molar-refractivity contribution in [2.45, 2.75) is 18.6 Å². The van der Waals surface area contributed by atoms with Crippen LogP contribution in [-0.2, 0) is 11.2 Å². The van der Waals surface area contributed by atoms with Crippen molar-refractivity contribution in [3.63, 3.8) is 0 Å². The predicted octanol–water partition coefficient (Wildman–Crippen LogP) is 2.59. The minimum Gasteiger partial charge on any atom is -0.375 e. The van der Waals surface area contributed by atoms with Crippen molar-refractivity contribution in [3.8, 4) is 0 Å². The lowest BCUT2D eigenvalue weighted by Crippen LogP contribution is -2.42. The molecule has 4 heteroatoms. The molecule has 2 atom stereocenters. The topological polar surface area (TPSA) is 47.3 Å². The smallest absolute Gasteiger partial charge is 0.123 e. The number of nitrogens with one attached hydrogen (secondary N) is 1. The first-order valence-corrected chi connectivity index (χ1v) is 6.53. The van der Waals surface area contributed by atoms with Crippen LogP contribution in [0.1, 0.15) is 17.2 Å². The number of benzene rings is 2. The number of rotatable bonds is 6. The molecule has 0 aromatic heterocycles.